The quantitative estimate of drug-likeness (QED) is 0.211. The van der Waals surface area contributed by atoms with Crippen molar-refractivity contribution in [2.45, 2.75) is 35.5 Å². The van der Waals surface area contributed by atoms with Gasteiger partial charge in [-0.1, -0.05) is 24.3 Å². The molecule has 0 amide bonds. The van der Waals surface area contributed by atoms with Crippen LogP contribution in [0.4, 0.5) is 17.6 Å². The summed E-state index contributed by atoms with van der Waals surface area (Å²) in [6.07, 6.45) is 4.88. The molecule has 4 rings (SSSR count). The number of nitrogens with zero attached hydrogens (tertiary/aromatic N) is 2. The van der Waals surface area contributed by atoms with Gasteiger partial charge in [0.05, 0.1) is 12.0 Å². The minimum Gasteiger partial charge on any atom is -0.497 e. The first-order chi connectivity index (χ1) is 18.7. The molecule has 0 aliphatic carbocycles. The van der Waals surface area contributed by atoms with Crippen LogP contribution in [0.1, 0.15) is 22.6 Å². The number of methoxy groups -OCH3 is 1. The highest BCUT2D eigenvalue weighted by molar-refractivity contribution is 7.91. The van der Waals surface area contributed by atoms with Gasteiger partial charge in [-0.2, -0.15) is 17.6 Å². The van der Waals surface area contributed by atoms with Crippen LogP contribution in [-0.4, -0.2) is 38.7 Å². The van der Waals surface area contributed by atoms with E-state index < -0.39 is 40.5 Å². The Morgan fingerprint density at radius 3 is 2.21 bits per heavy atom. The SMILES string of the molecule is COc1cccc(S(=O)(=O)c2ccc(C(Cc3cccnc3)c3ccc(OC(F)F)c(OC(F)F)c3)cn2)c1. The number of benzene rings is 2. The van der Waals surface area contributed by atoms with Crippen LogP contribution in [0.3, 0.4) is 0 Å². The minimum atomic E-state index is -3.97. The van der Waals surface area contributed by atoms with Crippen LogP contribution >= 0.6 is 0 Å². The van der Waals surface area contributed by atoms with Gasteiger partial charge in [0.1, 0.15) is 5.75 Å². The van der Waals surface area contributed by atoms with Crippen LogP contribution in [0.25, 0.3) is 0 Å². The molecule has 12 heteroatoms. The Labute approximate surface area is 221 Å². The Hall–Kier alpha value is -4.19. The number of aromatic nitrogens is 2. The molecule has 0 saturated carbocycles. The molecule has 0 spiro atoms. The Morgan fingerprint density at radius 2 is 1.56 bits per heavy atom. The fourth-order valence-corrected chi connectivity index (χ4v) is 5.16. The average Bonchev–Trinajstić information content (AvgIpc) is 2.93. The molecule has 0 aliphatic rings. The van der Waals surface area contributed by atoms with Gasteiger partial charge in [0.15, 0.2) is 16.5 Å². The monoisotopic (exact) mass is 562 g/mol. The fraction of sp³-hybridized carbons (Fsp3) is 0.185. The van der Waals surface area contributed by atoms with Gasteiger partial charge in [-0.25, -0.2) is 13.4 Å². The predicted octanol–water partition coefficient (Wildman–Crippen LogP) is 5.90. The van der Waals surface area contributed by atoms with Crippen LogP contribution in [0.5, 0.6) is 17.2 Å². The van der Waals surface area contributed by atoms with Crippen molar-refractivity contribution in [3.63, 3.8) is 0 Å². The third-order valence-corrected chi connectivity index (χ3v) is 7.42. The van der Waals surface area contributed by atoms with E-state index in [2.05, 4.69) is 19.4 Å². The first-order valence-corrected chi connectivity index (χ1v) is 12.9. The van der Waals surface area contributed by atoms with Gasteiger partial charge in [0.25, 0.3) is 0 Å². The molecule has 0 bridgehead atoms. The highest BCUT2D eigenvalue weighted by Gasteiger charge is 2.24. The van der Waals surface area contributed by atoms with E-state index in [1.807, 2.05) is 0 Å². The van der Waals surface area contributed by atoms with E-state index in [0.717, 1.165) is 11.6 Å². The molecule has 2 aromatic heterocycles. The molecule has 1 atom stereocenters. The summed E-state index contributed by atoms with van der Waals surface area (Å²) in [5.74, 6) is -1.31. The number of halogens is 4. The summed E-state index contributed by atoms with van der Waals surface area (Å²) in [5.41, 5.74) is 1.73. The highest BCUT2D eigenvalue weighted by atomic mass is 32.2. The Balaban J connectivity index is 1.74. The topological polar surface area (TPSA) is 87.6 Å². The smallest absolute Gasteiger partial charge is 0.387 e. The maximum atomic E-state index is 13.1. The zero-order valence-electron chi connectivity index (χ0n) is 20.4. The third kappa shape index (κ3) is 6.82. The summed E-state index contributed by atoms with van der Waals surface area (Å²) in [6, 6.07) is 16.1. The lowest BCUT2D eigenvalue weighted by Crippen LogP contribution is -2.11. The van der Waals surface area contributed by atoms with Gasteiger partial charge in [-0.15, -0.1) is 0 Å². The number of alkyl halides is 4. The van der Waals surface area contributed by atoms with E-state index in [4.69, 9.17) is 4.74 Å². The number of ether oxygens (including phenoxy) is 3. The second kappa shape index (κ2) is 12.1. The van der Waals surface area contributed by atoms with Gasteiger partial charge in [-0.3, -0.25) is 4.98 Å². The summed E-state index contributed by atoms with van der Waals surface area (Å²) in [6.45, 7) is -6.52. The summed E-state index contributed by atoms with van der Waals surface area (Å²) in [7, 11) is -2.55. The second-order valence-corrected chi connectivity index (χ2v) is 10.1. The lowest BCUT2D eigenvalue weighted by atomic mass is 9.87. The van der Waals surface area contributed by atoms with E-state index in [1.54, 1.807) is 42.7 Å². The van der Waals surface area contributed by atoms with E-state index >= 15 is 0 Å². The predicted molar refractivity (Wildman–Crippen MR) is 132 cm³/mol. The van der Waals surface area contributed by atoms with Crippen molar-refractivity contribution >= 4 is 9.84 Å². The van der Waals surface area contributed by atoms with Gasteiger partial charge < -0.3 is 14.2 Å². The normalized spacial score (nSPS) is 12.4. The summed E-state index contributed by atoms with van der Waals surface area (Å²) in [5, 5.41) is -0.206. The van der Waals surface area contributed by atoms with Crippen molar-refractivity contribution in [1.82, 2.24) is 9.97 Å². The number of hydrogen-bond acceptors (Lipinski definition) is 7. The molecule has 39 heavy (non-hydrogen) atoms. The number of sulfone groups is 1. The first-order valence-electron chi connectivity index (χ1n) is 11.4. The minimum absolute atomic E-state index is 0.00239. The number of hydrogen-bond donors (Lipinski definition) is 0. The van der Waals surface area contributed by atoms with Crippen LogP contribution in [0.15, 0.2) is 95.2 Å². The van der Waals surface area contributed by atoms with Crippen molar-refractivity contribution in [2.75, 3.05) is 7.11 Å². The van der Waals surface area contributed by atoms with Crippen molar-refractivity contribution in [3.05, 3.63) is 102 Å². The van der Waals surface area contributed by atoms with E-state index in [0.29, 0.717) is 23.3 Å². The van der Waals surface area contributed by atoms with Crippen molar-refractivity contribution < 1.29 is 40.2 Å². The molecule has 0 radical (unpaired) electrons. The lowest BCUT2D eigenvalue weighted by Gasteiger charge is -2.20. The molecule has 0 N–H and O–H groups in total. The molecule has 0 saturated heterocycles. The first kappa shape index (κ1) is 27.8. The van der Waals surface area contributed by atoms with Gasteiger partial charge in [-0.05, 0) is 65.6 Å². The second-order valence-electron chi connectivity index (χ2n) is 8.19. The third-order valence-electron chi connectivity index (χ3n) is 5.75. The Morgan fingerprint density at radius 1 is 0.821 bits per heavy atom. The van der Waals surface area contributed by atoms with Gasteiger partial charge in [0, 0.05) is 24.5 Å². The van der Waals surface area contributed by atoms with Crippen molar-refractivity contribution in [2.24, 2.45) is 0 Å². The summed E-state index contributed by atoms with van der Waals surface area (Å²) in [4.78, 5) is 8.27. The van der Waals surface area contributed by atoms with Crippen molar-refractivity contribution in [1.29, 1.82) is 0 Å². The van der Waals surface area contributed by atoms with E-state index in [-0.39, 0.29) is 9.92 Å². The molecule has 7 nitrogen and oxygen atoms in total. The lowest BCUT2D eigenvalue weighted by molar-refractivity contribution is -0.0692. The highest BCUT2D eigenvalue weighted by Crippen LogP contribution is 2.37. The molecule has 1 unspecified atom stereocenters. The maximum absolute atomic E-state index is 13.1. The number of pyridine rings is 2. The molecule has 2 heterocycles. The van der Waals surface area contributed by atoms with Gasteiger partial charge in [0.2, 0.25) is 9.84 Å². The standard InChI is InChI=1S/C27H22F4N2O5S/c1-36-20-5-2-6-21(14-20)39(34,35)25-10-8-19(16-33-25)22(12-17-4-3-11-32-15-17)18-7-9-23(37-26(28)29)24(13-18)38-27(30)31/h2-11,13-16,22,26-27H,12H2,1H3. The molecule has 4 aromatic rings. The Kier molecular flexibility index (Phi) is 8.65. The van der Waals surface area contributed by atoms with Gasteiger partial charge >= 0.3 is 13.2 Å². The molecule has 204 valence electrons. The molecule has 0 aliphatic heterocycles. The zero-order valence-corrected chi connectivity index (χ0v) is 21.2. The summed E-state index contributed by atoms with van der Waals surface area (Å²) < 4.78 is 91.8. The van der Waals surface area contributed by atoms with Crippen LogP contribution < -0.4 is 14.2 Å². The van der Waals surface area contributed by atoms with Crippen molar-refractivity contribution in [3.8, 4) is 17.2 Å². The molecular formula is C27H22F4N2O5S. The summed E-state index contributed by atoms with van der Waals surface area (Å²) >= 11 is 0. The largest absolute Gasteiger partial charge is 0.497 e. The zero-order chi connectivity index (χ0) is 28.0. The van der Waals surface area contributed by atoms with E-state index in [9.17, 15) is 26.0 Å². The van der Waals surface area contributed by atoms with Crippen LogP contribution in [0.2, 0.25) is 0 Å². The Bertz CT molecular complexity index is 1500. The van der Waals surface area contributed by atoms with Crippen LogP contribution in [-0.2, 0) is 16.3 Å². The molecular weight excluding hydrogens is 540 g/mol. The van der Waals surface area contributed by atoms with Crippen LogP contribution in [0, 0.1) is 0 Å². The van der Waals surface area contributed by atoms with E-state index in [1.165, 1.54) is 43.6 Å². The molecule has 2 aromatic carbocycles. The maximum Gasteiger partial charge on any atom is 0.387 e. The number of rotatable bonds is 11. The molecule has 0 fully saturated rings. The fourth-order valence-electron chi connectivity index (χ4n) is 3.95. The average molecular weight is 563 g/mol.